The zero-order valence-corrected chi connectivity index (χ0v) is 21.2. The van der Waals surface area contributed by atoms with Gasteiger partial charge >= 0.3 is 0 Å². The summed E-state index contributed by atoms with van der Waals surface area (Å²) in [5.74, 6) is 0. The topological polar surface area (TPSA) is 86.2 Å². The molecule has 0 unspecified atom stereocenters. The van der Waals surface area contributed by atoms with Crippen molar-refractivity contribution in [2.75, 3.05) is 11.5 Å². The summed E-state index contributed by atoms with van der Waals surface area (Å²) in [5, 5.41) is 0.412. The van der Waals surface area contributed by atoms with E-state index >= 15 is 0 Å². The van der Waals surface area contributed by atoms with Gasteiger partial charge in [-0.3, -0.25) is 9.59 Å². The minimum Gasteiger partial charge on any atom is -0.398 e. The Labute approximate surface area is 207 Å². The number of carbonyl (C=O) groups excluding carboxylic acids is 2. The van der Waals surface area contributed by atoms with E-state index < -0.39 is 0 Å². The Balaban J connectivity index is 1.35. The lowest BCUT2D eigenvalue weighted by molar-refractivity contribution is -0.111. The van der Waals surface area contributed by atoms with Crippen molar-refractivity contribution in [2.45, 2.75) is 93.3 Å². The van der Waals surface area contributed by atoms with Crippen LogP contribution in [0.3, 0.4) is 0 Å². The van der Waals surface area contributed by atoms with E-state index in [2.05, 4.69) is 0 Å². The van der Waals surface area contributed by atoms with E-state index in [1.54, 1.807) is 0 Å². The predicted octanol–water partition coefficient (Wildman–Crippen LogP) is 7.86. The van der Waals surface area contributed by atoms with E-state index in [0.29, 0.717) is 24.2 Å². The van der Waals surface area contributed by atoms with Crippen molar-refractivity contribution < 1.29 is 9.59 Å². The van der Waals surface area contributed by atoms with Gasteiger partial charge in [0.1, 0.15) is 0 Å². The highest BCUT2D eigenvalue weighted by atomic mass is 32.2. The van der Waals surface area contributed by atoms with E-state index in [0.717, 1.165) is 35.5 Å². The molecule has 0 radical (unpaired) electrons. The number of carbonyl (C=O) groups is 2. The Kier molecular flexibility index (Phi) is 13.8. The zero-order chi connectivity index (χ0) is 23.7. The molecule has 0 aromatic heterocycles. The van der Waals surface area contributed by atoms with Crippen LogP contribution in [-0.2, 0) is 9.59 Å². The fourth-order valence-electron chi connectivity index (χ4n) is 3.62. The van der Waals surface area contributed by atoms with Crippen molar-refractivity contribution in [1.29, 1.82) is 0 Å². The molecule has 6 heteroatoms. The van der Waals surface area contributed by atoms with Gasteiger partial charge in [0, 0.05) is 34.0 Å². The number of hydrogen-bond donors (Lipinski definition) is 2. The maximum absolute atomic E-state index is 12.1. The molecule has 2 aromatic carbocycles. The van der Waals surface area contributed by atoms with Crippen LogP contribution in [0.4, 0.5) is 11.4 Å². The Bertz CT molecular complexity index is 788. The van der Waals surface area contributed by atoms with Gasteiger partial charge in [0.15, 0.2) is 10.2 Å². The molecule has 4 nitrogen and oxygen atoms in total. The van der Waals surface area contributed by atoms with Gasteiger partial charge in [0.2, 0.25) is 0 Å². The molecule has 0 saturated heterocycles. The molecule has 0 aliphatic carbocycles. The van der Waals surface area contributed by atoms with Gasteiger partial charge in [0.05, 0.1) is 0 Å². The van der Waals surface area contributed by atoms with Crippen molar-refractivity contribution in [1.82, 2.24) is 0 Å². The first-order valence-corrected chi connectivity index (χ1v) is 13.8. The van der Waals surface area contributed by atoms with E-state index in [-0.39, 0.29) is 10.2 Å². The van der Waals surface area contributed by atoms with E-state index in [1.807, 2.05) is 48.5 Å². The average molecular weight is 487 g/mol. The van der Waals surface area contributed by atoms with Crippen LogP contribution >= 0.6 is 23.5 Å². The van der Waals surface area contributed by atoms with Gasteiger partial charge in [0.25, 0.3) is 0 Å². The smallest absolute Gasteiger partial charge is 0.193 e. The molecule has 4 N–H and O–H groups in total. The third-order valence-electron chi connectivity index (χ3n) is 5.55. The zero-order valence-electron chi connectivity index (χ0n) is 19.6. The molecule has 0 aliphatic heterocycles. The van der Waals surface area contributed by atoms with Crippen molar-refractivity contribution in [3.63, 3.8) is 0 Å². The number of rotatable bonds is 16. The molecule has 0 aliphatic rings. The number of nitrogens with two attached hydrogens (primary N) is 2. The van der Waals surface area contributed by atoms with E-state index in [1.165, 1.54) is 68.5 Å². The van der Waals surface area contributed by atoms with Gasteiger partial charge < -0.3 is 11.5 Å². The number of nitrogen functional groups attached to an aromatic ring is 2. The summed E-state index contributed by atoms with van der Waals surface area (Å²) in [7, 11) is 0. The molecule has 0 fully saturated rings. The summed E-state index contributed by atoms with van der Waals surface area (Å²) in [6.07, 6.45) is 14.2. The van der Waals surface area contributed by atoms with Crippen LogP contribution in [0.5, 0.6) is 0 Å². The van der Waals surface area contributed by atoms with Crippen molar-refractivity contribution in [3.8, 4) is 0 Å². The van der Waals surface area contributed by atoms with Crippen molar-refractivity contribution >= 4 is 45.1 Å². The molecule has 0 bridgehead atoms. The van der Waals surface area contributed by atoms with E-state index in [4.69, 9.17) is 11.5 Å². The summed E-state index contributed by atoms with van der Waals surface area (Å²) < 4.78 is 0. The van der Waals surface area contributed by atoms with Crippen molar-refractivity contribution in [2.24, 2.45) is 0 Å². The van der Waals surface area contributed by atoms with Crippen LogP contribution in [-0.4, -0.2) is 10.2 Å². The third kappa shape index (κ3) is 12.2. The largest absolute Gasteiger partial charge is 0.398 e. The van der Waals surface area contributed by atoms with Crippen LogP contribution in [0.2, 0.25) is 0 Å². The second kappa shape index (κ2) is 16.7. The molecular formula is C27H38N2O2S2. The molecular weight excluding hydrogens is 448 g/mol. The standard InChI is InChI=1S/C27H38N2O2S2/c28-22-16-12-14-18-24(22)32-26(30)20-10-8-6-4-2-1-3-5-7-9-11-21-27(31)33-25-19-15-13-17-23(25)29/h12-19H,1-11,20-21,28-29H2. The summed E-state index contributed by atoms with van der Waals surface area (Å²) in [6, 6.07) is 15.1. The van der Waals surface area contributed by atoms with Gasteiger partial charge in [-0.05, 0) is 60.6 Å². The Hall–Kier alpha value is -1.92. The van der Waals surface area contributed by atoms with Gasteiger partial charge in [-0.15, -0.1) is 0 Å². The lowest BCUT2D eigenvalue weighted by atomic mass is 10.0. The summed E-state index contributed by atoms with van der Waals surface area (Å²) >= 11 is 2.53. The highest BCUT2D eigenvalue weighted by Crippen LogP contribution is 2.28. The molecule has 2 aromatic rings. The molecule has 0 amide bonds. The first-order chi connectivity index (χ1) is 16.1. The average Bonchev–Trinajstić information content (AvgIpc) is 2.80. The lowest BCUT2D eigenvalue weighted by Crippen LogP contribution is -1.94. The highest BCUT2D eigenvalue weighted by molar-refractivity contribution is 8.14. The number of benzene rings is 2. The lowest BCUT2D eigenvalue weighted by Gasteiger charge is -2.05. The monoisotopic (exact) mass is 486 g/mol. The molecule has 33 heavy (non-hydrogen) atoms. The number of unbranched alkanes of at least 4 members (excludes halogenated alkanes) is 10. The first kappa shape index (κ1) is 27.3. The number of anilines is 2. The van der Waals surface area contributed by atoms with Gasteiger partial charge in [-0.2, -0.15) is 0 Å². The Morgan fingerprint density at radius 3 is 1.15 bits per heavy atom. The predicted molar refractivity (Wildman–Crippen MR) is 143 cm³/mol. The maximum Gasteiger partial charge on any atom is 0.193 e. The summed E-state index contributed by atoms with van der Waals surface area (Å²) in [6.45, 7) is 0. The first-order valence-electron chi connectivity index (χ1n) is 12.2. The molecule has 0 heterocycles. The van der Waals surface area contributed by atoms with E-state index in [9.17, 15) is 9.59 Å². The van der Waals surface area contributed by atoms with Crippen LogP contribution in [0.15, 0.2) is 58.3 Å². The maximum atomic E-state index is 12.1. The number of para-hydroxylation sites is 2. The van der Waals surface area contributed by atoms with Crippen LogP contribution in [0, 0.1) is 0 Å². The SMILES string of the molecule is Nc1ccccc1SC(=O)CCCCCCCCCCCCCC(=O)Sc1ccccc1N. The normalized spacial score (nSPS) is 10.9. The Morgan fingerprint density at radius 2 is 0.818 bits per heavy atom. The van der Waals surface area contributed by atoms with Gasteiger partial charge in [-0.25, -0.2) is 0 Å². The Morgan fingerprint density at radius 1 is 0.515 bits per heavy atom. The van der Waals surface area contributed by atoms with Crippen LogP contribution < -0.4 is 11.5 Å². The van der Waals surface area contributed by atoms with Crippen LogP contribution in [0.1, 0.15) is 83.5 Å². The third-order valence-corrected chi connectivity index (χ3v) is 7.59. The molecule has 0 atom stereocenters. The summed E-state index contributed by atoms with van der Waals surface area (Å²) in [5.41, 5.74) is 13.1. The second-order valence-corrected chi connectivity index (χ2v) is 10.6. The fourth-order valence-corrected chi connectivity index (χ4v) is 5.27. The van der Waals surface area contributed by atoms with Crippen molar-refractivity contribution in [3.05, 3.63) is 48.5 Å². The highest BCUT2D eigenvalue weighted by Gasteiger charge is 2.08. The molecule has 0 spiro atoms. The summed E-state index contributed by atoms with van der Waals surface area (Å²) in [4.78, 5) is 25.9. The second-order valence-electron chi connectivity index (χ2n) is 8.41. The molecule has 2 rings (SSSR count). The quantitative estimate of drug-likeness (QED) is 0.143. The fraction of sp³-hybridized carbons (Fsp3) is 0.481. The molecule has 0 saturated carbocycles. The van der Waals surface area contributed by atoms with Gasteiger partial charge in [-0.1, -0.05) is 82.1 Å². The number of thioether (sulfide) groups is 2. The number of hydrogen-bond acceptors (Lipinski definition) is 6. The minimum absolute atomic E-state index is 0.206. The van der Waals surface area contributed by atoms with Crippen LogP contribution in [0.25, 0.3) is 0 Å². The molecule has 180 valence electrons. The minimum atomic E-state index is 0.206.